The van der Waals surface area contributed by atoms with E-state index in [1.165, 1.54) is 34.4 Å². The second-order valence-electron chi connectivity index (χ2n) is 8.02. The second kappa shape index (κ2) is 7.35. The molecule has 0 radical (unpaired) electrons. The van der Waals surface area contributed by atoms with Gasteiger partial charge in [0.05, 0.1) is 6.54 Å². The van der Waals surface area contributed by atoms with E-state index in [4.69, 9.17) is 0 Å². The monoisotopic (exact) mass is 363 g/mol. The zero-order chi connectivity index (χ0) is 19.0. The molecule has 4 nitrogen and oxygen atoms in total. The van der Waals surface area contributed by atoms with Crippen molar-refractivity contribution in [1.82, 2.24) is 9.80 Å². The molecule has 2 aliphatic rings. The summed E-state index contributed by atoms with van der Waals surface area (Å²) in [4.78, 5) is 19.2. The van der Waals surface area contributed by atoms with Crippen molar-refractivity contribution < 1.29 is 4.79 Å². The van der Waals surface area contributed by atoms with Gasteiger partial charge in [0.2, 0.25) is 5.91 Å². The van der Waals surface area contributed by atoms with Gasteiger partial charge in [-0.15, -0.1) is 0 Å². The van der Waals surface area contributed by atoms with E-state index in [0.29, 0.717) is 6.54 Å². The normalized spacial score (nSPS) is 20.3. The van der Waals surface area contributed by atoms with Gasteiger partial charge >= 0.3 is 0 Å². The number of benzene rings is 2. The van der Waals surface area contributed by atoms with E-state index in [1.54, 1.807) is 0 Å². The number of likely N-dealkylation sites (N-methyl/N-ethyl adjacent to an activating group) is 1. The SMILES string of the molecule is Cc1ccc(CCN2C(=O)CN(C)C2c2ccc3c(c2)CCCN3C)cc1. The summed E-state index contributed by atoms with van der Waals surface area (Å²) >= 11 is 0. The summed E-state index contributed by atoms with van der Waals surface area (Å²) in [6, 6.07) is 15.4. The minimum absolute atomic E-state index is 0.0421. The lowest BCUT2D eigenvalue weighted by molar-refractivity contribution is -0.128. The number of hydrogen-bond acceptors (Lipinski definition) is 3. The van der Waals surface area contributed by atoms with Gasteiger partial charge in [0.15, 0.2) is 0 Å². The van der Waals surface area contributed by atoms with E-state index >= 15 is 0 Å². The molecule has 0 saturated carbocycles. The van der Waals surface area contributed by atoms with Gasteiger partial charge in [0.25, 0.3) is 0 Å². The van der Waals surface area contributed by atoms with Gasteiger partial charge in [-0.25, -0.2) is 0 Å². The van der Waals surface area contributed by atoms with Gasteiger partial charge in [-0.05, 0) is 56.0 Å². The molecule has 0 N–H and O–H groups in total. The van der Waals surface area contributed by atoms with E-state index in [-0.39, 0.29) is 12.1 Å². The highest BCUT2D eigenvalue weighted by Crippen LogP contribution is 2.34. The minimum atomic E-state index is 0.0421. The fourth-order valence-corrected chi connectivity index (χ4v) is 4.42. The van der Waals surface area contributed by atoms with E-state index in [0.717, 1.165) is 25.9 Å². The van der Waals surface area contributed by atoms with Gasteiger partial charge < -0.3 is 9.80 Å². The van der Waals surface area contributed by atoms with Crippen LogP contribution < -0.4 is 4.90 Å². The molecule has 2 aliphatic heterocycles. The topological polar surface area (TPSA) is 26.8 Å². The molecule has 0 spiro atoms. The first-order valence-electron chi connectivity index (χ1n) is 9.92. The number of fused-ring (bicyclic) bond motifs is 1. The van der Waals surface area contributed by atoms with Crippen LogP contribution in [0.5, 0.6) is 0 Å². The third-order valence-corrected chi connectivity index (χ3v) is 5.93. The maximum atomic E-state index is 12.7. The van der Waals surface area contributed by atoms with Crippen molar-refractivity contribution in [3.05, 3.63) is 64.7 Å². The van der Waals surface area contributed by atoms with Crippen LogP contribution in [0.25, 0.3) is 0 Å². The number of amides is 1. The highest BCUT2D eigenvalue weighted by atomic mass is 16.2. The van der Waals surface area contributed by atoms with Gasteiger partial charge in [-0.3, -0.25) is 9.69 Å². The summed E-state index contributed by atoms with van der Waals surface area (Å²) in [6.07, 6.45) is 3.26. The molecular weight excluding hydrogens is 334 g/mol. The largest absolute Gasteiger partial charge is 0.374 e. The van der Waals surface area contributed by atoms with Crippen molar-refractivity contribution in [2.45, 2.75) is 32.4 Å². The van der Waals surface area contributed by atoms with Crippen molar-refractivity contribution in [2.24, 2.45) is 0 Å². The summed E-state index contributed by atoms with van der Waals surface area (Å²) in [7, 11) is 4.22. The van der Waals surface area contributed by atoms with Gasteiger partial charge in [-0.1, -0.05) is 42.0 Å². The first-order chi connectivity index (χ1) is 13.0. The van der Waals surface area contributed by atoms with Crippen LogP contribution in [0.15, 0.2) is 42.5 Å². The van der Waals surface area contributed by atoms with E-state index in [1.807, 2.05) is 4.90 Å². The van der Waals surface area contributed by atoms with Crippen LogP contribution in [0.3, 0.4) is 0 Å². The second-order valence-corrected chi connectivity index (χ2v) is 8.02. The lowest BCUT2D eigenvalue weighted by Gasteiger charge is -2.32. The number of aryl methyl sites for hydroxylation is 2. The standard InChI is InChI=1S/C23H29N3O/c1-17-6-8-18(9-7-17)12-14-26-22(27)16-25(3)23(26)20-10-11-21-19(15-20)5-4-13-24(21)2/h6-11,15,23H,4-5,12-14,16H2,1-3H3. The molecule has 2 aromatic carbocycles. The zero-order valence-electron chi connectivity index (χ0n) is 16.6. The molecule has 2 heterocycles. The number of rotatable bonds is 4. The highest BCUT2D eigenvalue weighted by molar-refractivity contribution is 5.81. The summed E-state index contributed by atoms with van der Waals surface area (Å²) in [5, 5.41) is 0. The maximum absolute atomic E-state index is 12.7. The average Bonchev–Trinajstić information content (AvgIpc) is 2.94. The van der Waals surface area contributed by atoms with Crippen LogP contribution in [-0.4, -0.2) is 49.4 Å². The molecule has 4 heteroatoms. The van der Waals surface area contributed by atoms with Gasteiger partial charge in [0, 0.05) is 25.8 Å². The van der Waals surface area contributed by atoms with E-state index < -0.39 is 0 Å². The van der Waals surface area contributed by atoms with Crippen LogP contribution in [0.4, 0.5) is 5.69 Å². The van der Waals surface area contributed by atoms with Crippen molar-refractivity contribution in [2.75, 3.05) is 38.6 Å². The van der Waals surface area contributed by atoms with Crippen molar-refractivity contribution in [3.63, 3.8) is 0 Å². The molecule has 1 unspecified atom stereocenters. The minimum Gasteiger partial charge on any atom is -0.374 e. The summed E-state index contributed by atoms with van der Waals surface area (Å²) < 4.78 is 0. The number of nitrogens with zero attached hydrogens (tertiary/aromatic N) is 3. The molecule has 2 aromatic rings. The van der Waals surface area contributed by atoms with Crippen molar-refractivity contribution in [1.29, 1.82) is 0 Å². The van der Waals surface area contributed by atoms with Crippen LogP contribution in [0.2, 0.25) is 0 Å². The lowest BCUT2D eigenvalue weighted by Crippen LogP contribution is -2.33. The highest BCUT2D eigenvalue weighted by Gasteiger charge is 2.36. The predicted octanol–water partition coefficient (Wildman–Crippen LogP) is 3.39. The first kappa shape index (κ1) is 18.1. The Morgan fingerprint density at radius 2 is 1.85 bits per heavy atom. The fraction of sp³-hybridized carbons (Fsp3) is 0.435. The molecule has 27 heavy (non-hydrogen) atoms. The van der Waals surface area contributed by atoms with Crippen molar-refractivity contribution >= 4 is 11.6 Å². The summed E-state index contributed by atoms with van der Waals surface area (Å²) in [6.45, 7) is 4.48. The summed E-state index contributed by atoms with van der Waals surface area (Å²) in [5.41, 5.74) is 6.54. The quantitative estimate of drug-likeness (QED) is 0.833. The fourth-order valence-electron chi connectivity index (χ4n) is 4.42. The summed E-state index contributed by atoms with van der Waals surface area (Å²) in [5.74, 6) is 0.226. The number of anilines is 1. The van der Waals surface area contributed by atoms with Crippen LogP contribution in [0, 0.1) is 6.92 Å². The maximum Gasteiger partial charge on any atom is 0.238 e. The third kappa shape index (κ3) is 3.59. The Morgan fingerprint density at radius 3 is 2.63 bits per heavy atom. The van der Waals surface area contributed by atoms with Crippen LogP contribution in [0.1, 0.15) is 34.8 Å². The molecule has 4 rings (SSSR count). The molecule has 0 aliphatic carbocycles. The van der Waals surface area contributed by atoms with Gasteiger partial charge in [0.1, 0.15) is 6.17 Å². The number of carbonyl (C=O) groups excluding carboxylic acids is 1. The predicted molar refractivity (Wildman–Crippen MR) is 110 cm³/mol. The molecule has 1 amide bonds. The lowest BCUT2D eigenvalue weighted by atomic mass is 9.98. The molecule has 142 valence electrons. The average molecular weight is 364 g/mol. The molecule has 0 aromatic heterocycles. The van der Waals surface area contributed by atoms with E-state index in [2.05, 4.69) is 73.3 Å². The molecular formula is C23H29N3O. The Kier molecular flexibility index (Phi) is 4.92. The molecule has 0 bridgehead atoms. The van der Waals surface area contributed by atoms with E-state index in [9.17, 15) is 4.79 Å². The molecule has 1 atom stereocenters. The van der Waals surface area contributed by atoms with Gasteiger partial charge in [-0.2, -0.15) is 0 Å². The first-order valence-corrected chi connectivity index (χ1v) is 9.92. The Labute approximate surface area is 162 Å². The Bertz CT molecular complexity index is 830. The molecule has 1 saturated heterocycles. The Balaban J connectivity index is 1.56. The number of hydrogen-bond donors (Lipinski definition) is 0. The van der Waals surface area contributed by atoms with Crippen LogP contribution in [-0.2, 0) is 17.6 Å². The third-order valence-electron chi connectivity index (χ3n) is 5.93. The van der Waals surface area contributed by atoms with Crippen molar-refractivity contribution in [3.8, 4) is 0 Å². The Hall–Kier alpha value is -2.33. The smallest absolute Gasteiger partial charge is 0.238 e. The molecule has 1 fully saturated rings. The zero-order valence-corrected chi connectivity index (χ0v) is 16.6. The number of carbonyl (C=O) groups is 1. The van der Waals surface area contributed by atoms with Crippen LogP contribution >= 0.6 is 0 Å². The Morgan fingerprint density at radius 1 is 1.07 bits per heavy atom.